The second kappa shape index (κ2) is 5.54. The lowest BCUT2D eigenvalue weighted by molar-refractivity contribution is -0.141. The van der Waals surface area contributed by atoms with Gasteiger partial charge in [0.15, 0.2) is 0 Å². The van der Waals surface area contributed by atoms with Crippen molar-refractivity contribution in [2.75, 3.05) is 7.11 Å². The van der Waals surface area contributed by atoms with Crippen LogP contribution in [0.2, 0.25) is 0 Å². The smallest absolute Gasteiger partial charge is 0.306 e. The molecule has 17 heavy (non-hydrogen) atoms. The van der Waals surface area contributed by atoms with Crippen LogP contribution in [0, 0.1) is 19.8 Å². The summed E-state index contributed by atoms with van der Waals surface area (Å²) in [6, 6.07) is 2.00. The molecule has 0 heterocycles. The van der Waals surface area contributed by atoms with Gasteiger partial charge in [-0.1, -0.05) is 13.0 Å². The van der Waals surface area contributed by atoms with E-state index in [0.717, 1.165) is 26.9 Å². The number of aliphatic carboxylic acids is 1. The lowest BCUT2D eigenvalue weighted by atomic mass is 9.97. The Morgan fingerprint density at radius 2 is 2.12 bits per heavy atom. The van der Waals surface area contributed by atoms with Gasteiger partial charge in [-0.2, -0.15) is 0 Å². The molecule has 1 aromatic carbocycles. The summed E-state index contributed by atoms with van der Waals surface area (Å²) in [7, 11) is 1.60. The summed E-state index contributed by atoms with van der Waals surface area (Å²) >= 11 is 3.50. The van der Waals surface area contributed by atoms with E-state index in [-0.39, 0.29) is 0 Å². The Morgan fingerprint density at radius 3 is 2.59 bits per heavy atom. The van der Waals surface area contributed by atoms with E-state index < -0.39 is 11.9 Å². The Labute approximate surface area is 110 Å². The molecule has 4 heteroatoms. The van der Waals surface area contributed by atoms with E-state index in [1.165, 1.54) is 0 Å². The number of ether oxygens (including phenoxy) is 1. The van der Waals surface area contributed by atoms with Crippen molar-refractivity contribution in [1.29, 1.82) is 0 Å². The second-order valence-electron chi connectivity index (χ2n) is 4.27. The molecule has 0 spiro atoms. The van der Waals surface area contributed by atoms with Crippen LogP contribution in [0.5, 0.6) is 5.75 Å². The number of hydrogen-bond donors (Lipinski definition) is 1. The van der Waals surface area contributed by atoms with E-state index in [1.54, 1.807) is 14.0 Å². The normalized spacial score (nSPS) is 12.3. The minimum absolute atomic E-state index is 0.419. The zero-order chi connectivity index (χ0) is 13.2. The second-order valence-corrected chi connectivity index (χ2v) is 5.06. The summed E-state index contributed by atoms with van der Waals surface area (Å²) < 4.78 is 6.26. The lowest BCUT2D eigenvalue weighted by Crippen LogP contribution is -2.13. The van der Waals surface area contributed by atoms with Gasteiger partial charge in [0, 0.05) is 0 Å². The monoisotopic (exact) mass is 300 g/mol. The molecule has 0 bridgehead atoms. The van der Waals surface area contributed by atoms with Gasteiger partial charge in [0.05, 0.1) is 17.5 Å². The number of benzene rings is 1. The van der Waals surface area contributed by atoms with Crippen LogP contribution in [-0.2, 0) is 11.2 Å². The predicted molar refractivity (Wildman–Crippen MR) is 70.7 cm³/mol. The van der Waals surface area contributed by atoms with Crippen molar-refractivity contribution < 1.29 is 14.6 Å². The van der Waals surface area contributed by atoms with Crippen molar-refractivity contribution in [1.82, 2.24) is 0 Å². The van der Waals surface area contributed by atoms with Gasteiger partial charge in [0.25, 0.3) is 0 Å². The first-order valence-electron chi connectivity index (χ1n) is 5.43. The molecule has 3 nitrogen and oxygen atoms in total. The number of methoxy groups -OCH3 is 1. The van der Waals surface area contributed by atoms with Crippen LogP contribution < -0.4 is 4.74 Å². The van der Waals surface area contributed by atoms with Crippen molar-refractivity contribution in [2.24, 2.45) is 5.92 Å². The number of carbonyl (C=O) groups is 1. The fraction of sp³-hybridized carbons (Fsp3) is 0.462. The van der Waals surface area contributed by atoms with Crippen LogP contribution in [0.3, 0.4) is 0 Å². The number of carboxylic acid groups (broad SMARTS) is 1. The molecule has 1 unspecified atom stereocenters. The van der Waals surface area contributed by atoms with Gasteiger partial charge in [-0.05, 0) is 52.9 Å². The molecule has 1 N–H and O–H groups in total. The molecular weight excluding hydrogens is 284 g/mol. The maximum Gasteiger partial charge on any atom is 0.306 e. The predicted octanol–water partition coefficient (Wildman–Crippen LogP) is 3.34. The highest BCUT2D eigenvalue weighted by Crippen LogP contribution is 2.35. The molecule has 0 radical (unpaired) electrons. The molecule has 1 atom stereocenters. The summed E-state index contributed by atoms with van der Waals surface area (Å²) in [4.78, 5) is 10.9. The molecular formula is C13H17BrO3. The average molecular weight is 301 g/mol. The molecule has 0 saturated heterocycles. The minimum atomic E-state index is -0.790. The average Bonchev–Trinajstić information content (AvgIpc) is 2.26. The molecule has 0 aliphatic heterocycles. The summed E-state index contributed by atoms with van der Waals surface area (Å²) in [6.45, 7) is 5.71. The maximum absolute atomic E-state index is 10.9. The highest BCUT2D eigenvalue weighted by molar-refractivity contribution is 9.10. The van der Waals surface area contributed by atoms with Gasteiger partial charge >= 0.3 is 5.97 Å². The number of hydrogen-bond acceptors (Lipinski definition) is 2. The Morgan fingerprint density at radius 1 is 1.53 bits per heavy atom. The van der Waals surface area contributed by atoms with Gasteiger partial charge in [-0.3, -0.25) is 4.79 Å². The van der Waals surface area contributed by atoms with Crippen molar-refractivity contribution >= 4 is 21.9 Å². The van der Waals surface area contributed by atoms with Crippen LogP contribution in [0.4, 0.5) is 0 Å². The van der Waals surface area contributed by atoms with Crippen LogP contribution in [0.1, 0.15) is 23.6 Å². The topological polar surface area (TPSA) is 46.5 Å². The zero-order valence-electron chi connectivity index (χ0n) is 10.5. The van der Waals surface area contributed by atoms with E-state index in [2.05, 4.69) is 15.9 Å². The third kappa shape index (κ3) is 3.00. The Hall–Kier alpha value is -1.03. The maximum atomic E-state index is 10.9. The van der Waals surface area contributed by atoms with E-state index in [9.17, 15) is 4.79 Å². The standard InChI is InChI=1S/C13H17BrO3/c1-7-5-10(6-8(2)13(15)16)12(17-4)11(14)9(7)3/h5,8H,6H2,1-4H3,(H,15,16). The summed E-state index contributed by atoms with van der Waals surface area (Å²) in [5, 5.41) is 8.95. The molecule has 0 amide bonds. The largest absolute Gasteiger partial charge is 0.495 e. The molecule has 0 saturated carbocycles. The van der Waals surface area contributed by atoms with E-state index >= 15 is 0 Å². The molecule has 0 aliphatic carbocycles. The lowest BCUT2D eigenvalue weighted by Gasteiger charge is -2.16. The van der Waals surface area contributed by atoms with Gasteiger partial charge in [-0.15, -0.1) is 0 Å². The molecule has 94 valence electrons. The highest BCUT2D eigenvalue weighted by atomic mass is 79.9. The van der Waals surface area contributed by atoms with Crippen LogP contribution >= 0.6 is 15.9 Å². The Bertz CT molecular complexity index is 441. The third-order valence-corrected chi connectivity index (χ3v) is 3.91. The first-order chi connectivity index (χ1) is 7.88. The first kappa shape index (κ1) is 14.0. The third-order valence-electron chi connectivity index (χ3n) is 2.95. The van der Waals surface area contributed by atoms with Gasteiger partial charge in [-0.25, -0.2) is 0 Å². The Kier molecular flexibility index (Phi) is 4.57. The number of rotatable bonds is 4. The van der Waals surface area contributed by atoms with E-state index in [4.69, 9.17) is 9.84 Å². The Balaban J connectivity index is 3.19. The molecule has 0 aromatic heterocycles. The zero-order valence-corrected chi connectivity index (χ0v) is 12.1. The number of aryl methyl sites for hydroxylation is 1. The van der Waals surface area contributed by atoms with Crippen LogP contribution in [0.25, 0.3) is 0 Å². The molecule has 1 rings (SSSR count). The molecule has 1 aromatic rings. The van der Waals surface area contributed by atoms with Gasteiger partial charge in [0.2, 0.25) is 0 Å². The van der Waals surface area contributed by atoms with Crippen molar-refractivity contribution in [3.8, 4) is 5.75 Å². The number of halogens is 1. The van der Waals surface area contributed by atoms with Crippen LogP contribution in [-0.4, -0.2) is 18.2 Å². The van der Waals surface area contributed by atoms with Crippen LogP contribution in [0.15, 0.2) is 10.5 Å². The quantitative estimate of drug-likeness (QED) is 0.928. The van der Waals surface area contributed by atoms with E-state index in [0.29, 0.717) is 6.42 Å². The number of carboxylic acids is 1. The van der Waals surface area contributed by atoms with Gasteiger partial charge < -0.3 is 9.84 Å². The summed E-state index contributed by atoms with van der Waals surface area (Å²) in [6.07, 6.45) is 0.470. The van der Waals surface area contributed by atoms with Crippen molar-refractivity contribution in [3.63, 3.8) is 0 Å². The summed E-state index contributed by atoms with van der Waals surface area (Å²) in [5.41, 5.74) is 3.18. The molecule has 0 fully saturated rings. The van der Waals surface area contributed by atoms with Crippen molar-refractivity contribution in [3.05, 3.63) is 27.2 Å². The SMILES string of the molecule is COc1c(CC(C)C(=O)O)cc(C)c(C)c1Br. The fourth-order valence-corrected chi connectivity index (χ4v) is 2.44. The van der Waals surface area contributed by atoms with Crippen molar-refractivity contribution in [2.45, 2.75) is 27.2 Å². The van der Waals surface area contributed by atoms with E-state index in [1.807, 2.05) is 19.9 Å². The van der Waals surface area contributed by atoms with Gasteiger partial charge in [0.1, 0.15) is 5.75 Å². The highest BCUT2D eigenvalue weighted by Gasteiger charge is 2.18. The molecule has 0 aliphatic rings. The summed E-state index contributed by atoms with van der Waals surface area (Å²) in [5.74, 6) is -0.472. The minimum Gasteiger partial charge on any atom is -0.495 e. The fourth-order valence-electron chi connectivity index (χ4n) is 1.71. The first-order valence-corrected chi connectivity index (χ1v) is 6.23.